The molecule has 9 atom stereocenters. The van der Waals surface area contributed by atoms with E-state index in [0.717, 1.165) is 53.9 Å². The summed E-state index contributed by atoms with van der Waals surface area (Å²) < 4.78 is 6.33. The molecule has 2 aromatic carbocycles. The Bertz CT molecular complexity index is 1390. The predicted molar refractivity (Wildman–Crippen MR) is 184 cm³/mol. The minimum atomic E-state index is -0.0727. The number of fused-ring (bicyclic) bond motifs is 5. The van der Waals surface area contributed by atoms with E-state index in [1.54, 1.807) is 0 Å². The first kappa shape index (κ1) is 32.9. The molecule has 0 aliphatic heterocycles. The summed E-state index contributed by atoms with van der Waals surface area (Å²) in [6, 6.07) is 11.9. The number of nitrogens with zero attached hydrogens (tertiary/aromatic N) is 1. The molecule has 1 N–H and O–H groups in total. The molecule has 0 heterocycles. The van der Waals surface area contributed by atoms with Crippen molar-refractivity contribution in [3.8, 4) is 11.5 Å². The van der Waals surface area contributed by atoms with Gasteiger partial charge in [-0.25, -0.2) is 0 Å². The zero-order valence-electron chi connectivity index (χ0n) is 28.6. The van der Waals surface area contributed by atoms with Crippen LogP contribution in [0.25, 0.3) is 0 Å². The van der Waals surface area contributed by atoms with Crippen LogP contribution < -0.4 is 4.74 Å². The largest absolute Gasteiger partial charge is 0.457 e. The molecule has 0 spiro atoms. The SMILES string of the molecule is Cc1ccc(Oc2cc(Cl)ccc2CN(C)C(=O)CC[C@@H](C)[C@H]2CC[C@H]3[C@@H]4CC[C@@H]5C[C@H](O)CC[C@]5(C)[C@H]4CC[C@]23C)c(C)c1. The number of aryl methyl sites for hydroxylation is 2. The minimum Gasteiger partial charge on any atom is -0.457 e. The maximum Gasteiger partial charge on any atom is 0.222 e. The predicted octanol–water partition coefficient (Wildman–Crippen LogP) is 10.1. The van der Waals surface area contributed by atoms with Crippen LogP contribution in [0.3, 0.4) is 0 Å². The molecule has 4 aliphatic carbocycles. The van der Waals surface area contributed by atoms with E-state index in [4.69, 9.17) is 16.3 Å². The molecule has 0 unspecified atom stereocenters. The average Bonchev–Trinajstić information content (AvgIpc) is 3.36. The summed E-state index contributed by atoms with van der Waals surface area (Å²) in [5, 5.41) is 11.0. The molecule has 4 aliphatic rings. The van der Waals surface area contributed by atoms with Gasteiger partial charge in [-0.05, 0) is 148 Å². The van der Waals surface area contributed by atoms with Gasteiger partial charge >= 0.3 is 0 Å². The lowest BCUT2D eigenvalue weighted by Gasteiger charge is -2.61. The molecule has 246 valence electrons. The molecule has 0 bridgehead atoms. The summed E-state index contributed by atoms with van der Waals surface area (Å²) in [7, 11) is 1.91. The third-order valence-corrected chi connectivity index (χ3v) is 13.9. The highest BCUT2D eigenvalue weighted by Crippen LogP contribution is 2.68. The van der Waals surface area contributed by atoms with Crippen molar-refractivity contribution < 1.29 is 14.6 Å². The van der Waals surface area contributed by atoms with Gasteiger partial charge in [-0.15, -0.1) is 0 Å². The Labute approximate surface area is 277 Å². The van der Waals surface area contributed by atoms with Gasteiger partial charge in [0.2, 0.25) is 5.91 Å². The summed E-state index contributed by atoms with van der Waals surface area (Å²) in [6.07, 6.45) is 12.8. The number of amides is 1. The van der Waals surface area contributed by atoms with Crippen molar-refractivity contribution >= 4 is 17.5 Å². The molecule has 2 aromatic rings. The zero-order valence-corrected chi connectivity index (χ0v) is 29.3. The number of aliphatic hydroxyl groups excluding tert-OH is 1. The number of aliphatic hydroxyl groups is 1. The molecular formula is C40H56ClNO3. The Hall–Kier alpha value is -2.04. The molecule has 5 heteroatoms. The number of hydrogen-bond acceptors (Lipinski definition) is 3. The Kier molecular flexibility index (Phi) is 9.40. The Morgan fingerprint density at radius 2 is 1.73 bits per heavy atom. The highest BCUT2D eigenvalue weighted by Gasteiger charge is 2.60. The van der Waals surface area contributed by atoms with Crippen LogP contribution in [0, 0.1) is 60.2 Å². The monoisotopic (exact) mass is 633 g/mol. The number of carbonyl (C=O) groups is 1. The second-order valence-corrected chi connectivity index (χ2v) is 16.6. The van der Waals surface area contributed by atoms with E-state index in [2.05, 4.69) is 46.8 Å². The lowest BCUT2D eigenvalue weighted by Crippen LogP contribution is -2.54. The fourth-order valence-corrected chi connectivity index (χ4v) is 11.2. The van der Waals surface area contributed by atoms with Gasteiger partial charge in [0.15, 0.2) is 0 Å². The molecule has 4 fully saturated rings. The van der Waals surface area contributed by atoms with Gasteiger partial charge in [0.05, 0.1) is 6.10 Å². The second kappa shape index (κ2) is 12.9. The lowest BCUT2D eigenvalue weighted by atomic mass is 9.44. The zero-order chi connectivity index (χ0) is 32.1. The number of benzene rings is 2. The second-order valence-electron chi connectivity index (χ2n) is 16.2. The molecular weight excluding hydrogens is 578 g/mol. The summed E-state index contributed by atoms with van der Waals surface area (Å²) >= 11 is 6.36. The first-order valence-electron chi connectivity index (χ1n) is 17.8. The van der Waals surface area contributed by atoms with Crippen molar-refractivity contribution in [1.82, 2.24) is 4.90 Å². The molecule has 6 rings (SSSR count). The van der Waals surface area contributed by atoms with E-state index in [9.17, 15) is 9.90 Å². The normalized spacial score (nSPS) is 34.8. The summed E-state index contributed by atoms with van der Waals surface area (Å²) in [5.41, 5.74) is 4.06. The van der Waals surface area contributed by atoms with Crippen LogP contribution in [-0.4, -0.2) is 29.1 Å². The highest BCUT2D eigenvalue weighted by atomic mass is 35.5. The van der Waals surface area contributed by atoms with Gasteiger partial charge < -0.3 is 14.7 Å². The van der Waals surface area contributed by atoms with Crippen molar-refractivity contribution in [3.63, 3.8) is 0 Å². The van der Waals surface area contributed by atoms with Gasteiger partial charge in [-0.3, -0.25) is 4.79 Å². The summed E-state index contributed by atoms with van der Waals surface area (Å²) in [4.78, 5) is 15.3. The first-order chi connectivity index (χ1) is 21.4. The van der Waals surface area contributed by atoms with Crippen LogP contribution in [0.1, 0.15) is 108 Å². The first-order valence-corrected chi connectivity index (χ1v) is 18.2. The number of carbonyl (C=O) groups excluding carboxylic acids is 1. The Balaban J connectivity index is 1.06. The van der Waals surface area contributed by atoms with Crippen LogP contribution in [0.4, 0.5) is 0 Å². The molecule has 4 nitrogen and oxygen atoms in total. The smallest absolute Gasteiger partial charge is 0.222 e. The summed E-state index contributed by atoms with van der Waals surface area (Å²) in [5.74, 6) is 6.19. The van der Waals surface area contributed by atoms with Crippen LogP contribution >= 0.6 is 11.6 Å². The Morgan fingerprint density at radius 1 is 0.978 bits per heavy atom. The van der Waals surface area contributed by atoms with Crippen LogP contribution in [-0.2, 0) is 11.3 Å². The van der Waals surface area contributed by atoms with E-state index in [-0.39, 0.29) is 12.0 Å². The van der Waals surface area contributed by atoms with E-state index in [1.165, 1.54) is 50.5 Å². The van der Waals surface area contributed by atoms with Gasteiger partial charge in [0.25, 0.3) is 0 Å². The van der Waals surface area contributed by atoms with E-state index >= 15 is 0 Å². The summed E-state index contributed by atoms with van der Waals surface area (Å²) in [6.45, 7) is 12.3. The quantitative estimate of drug-likeness (QED) is 0.315. The van der Waals surface area contributed by atoms with Crippen molar-refractivity contribution in [2.45, 2.75) is 118 Å². The molecule has 0 saturated heterocycles. The standard InChI is InChI=1S/C40H56ClNO3/c1-25-7-15-36(27(3)21-25)45-37-23-30(41)11-9-28(37)24-42(6)38(44)16-8-26(2)33-13-14-34-32-12-10-29-22-31(43)17-19-39(29,4)35(32)18-20-40(33,34)5/h7,9,11,15,21,23,26,29,31-35,43H,8,10,12-14,16-20,22,24H2,1-6H3/t26-,29-,31-,32+,33-,34+,35+,39+,40-/m1/s1. The van der Waals surface area contributed by atoms with Gasteiger partial charge in [-0.1, -0.05) is 56.1 Å². The number of ether oxygens (including phenoxy) is 1. The lowest BCUT2D eigenvalue weighted by molar-refractivity contribution is -0.132. The van der Waals surface area contributed by atoms with Crippen molar-refractivity contribution in [2.24, 2.45) is 46.3 Å². The molecule has 45 heavy (non-hydrogen) atoms. The molecule has 4 saturated carbocycles. The van der Waals surface area contributed by atoms with Crippen molar-refractivity contribution in [1.29, 1.82) is 0 Å². The van der Waals surface area contributed by atoms with Crippen LogP contribution in [0.2, 0.25) is 5.02 Å². The van der Waals surface area contributed by atoms with E-state index in [1.807, 2.05) is 36.2 Å². The van der Waals surface area contributed by atoms with Crippen LogP contribution in [0.5, 0.6) is 11.5 Å². The highest BCUT2D eigenvalue weighted by molar-refractivity contribution is 6.30. The average molecular weight is 634 g/mol. The fourth-order valence-electron chi connectivity index (χ4n) is 11.1. The topological polar surface area (TPSA) is 49.8 Å². The minimum absolute atomic E-state index is 0.0727. The van der Waals surface area contributed by atoms with E-state index < -0.39 is 0 Å². The third kappa shape index (κ3) is 6.32. The number of hydrogen-bond donors (Lipinski definition) is 1. The number of rotatable bonds is 8. The molecule has 0 radical (unpaired) electrons. The van der Waals surface area contributed by atoms with Gasteiger partial charge in [0.1, 0.15) is 11.5 Å². The van der Waals surface area contributed by atoms with Gasteiger partial charge in [0, 0.05) is 30.6 Å². The van der Waals surface area contributed by atoms with Gasteiger partial charge in [-0.2, -0.15) is 0 Å². The van der Waals surface area contributed by atoms with Crippen LogP contribution in [0.15, 0.2) is 36.4 Å². The molecule has 0 aromatic heterocycles. The van der Waals surface area contributed by atoms with E-state index in [0.29, 0.717) is 52.3 Å². The van der Waals surface area contributed by atoms with Crippen molar-refractivity contribution in [2.75, 3.05) is 7.05 Å². The third-order valence-electron chi connectivity index (χ3n) is 13.6. The van der Waals surface area contributed by atoms with Crippen molar-refractivity contribution in [3.05, 3.63) is 58.1 Å². The maximum absolute atomic E-state index is 13.5. The maximum atomic E-state index is 13.5. The Morgan fingerprint density at radius 3 is 2.51 bits per heavy atom. The molecule has 1 amide bonds. The number of halogens is 1. The fraction of sp³-hybridized carbons (Fsp3) is 0.675.